The minimum absolute atomic E-state index is 0.0470. The van der Waals surface area contributed by atoms with E-state index >= 15 is 4.39 Å². The van der Waals surface area contributed by atoms with Gasteiger partial charge in [-0.1, -0.05) is 60.7 Å². The van der Waals surface area contributed by atoms with Gasteiger partial charge in [-0.25, -0.2) is 9.37 Å². The number of nitrogens with zero attached hydrogens (tertiary/aromatic N) is 2. The zero-order valence-corrected chi connectivity index (χ0v) is 17.5. The van der Waals surface area contributed by atoms with E-state index in [-0.39, 0.29) is 29.3 Å². The lowest BCUT2D eigenvalue weighted by molar-refractivity contribution is 0.273. The minimum Gasteiger partial charge on any atom is -0.483 e. The van der Waals surface area contributed by atoms with E-state index in [9.17, 15) is 0 Å². The van der Waals surface area contributed by atoms with Crippen molar-refractivity contribution >= 4 is 15.9 Å². The van der Waals surface area contributed by atoms with Gasteiger partial charge in [-0.15, -0.1) is 0 Å². The Bertz CT molecular complexity index is 1110. The maximum absolute atomic E-state index is 15.3. The van der Waals surface area contributed by atoms with Crippen LogP contribution in [-0.4, -0.2) is 9.97 Å². The van der Waals surface area contributed by atoms with Crippen molar-refractivity contribution in [2.75, 3.05) is 0 Å². The van der Waals surface area contributed by atoms with Crippen molar-refractivity contribution in [3.05, 3.63) is 107 Å². The first-order valence-corrected chi connectivity index (χ1v) is 10.1. The molecule has 0 spiro atoms. The Labute approximate surface area is 182 Å². The van der Waals surface area contributed by atoms with Crippen molar-refractivity contribution in [2.45, 2.75) is 13.2 Å². The molecule has 0 aliphatic rings. The first kappa shape index (κ1) is 20.0. The van der Waals surface area contributed by atoms with E-state index in [4.69, 9.17) is 9.47 Å². The molecule has 0 aliphatic carbocycles. The molecule has 4 nitrogen and oxygen atoms in total. The van der Waals surface area contributed by atoms with Crippen LogP contribution >= 0.6 is 15.9 Å². The van der Waals surface area contributed by atoms with E-state index in [1.807, 2.05) is 60.7 Å². The van der Waals surface area contributed by atoms with E-state index in [1.54, 1.807) is 24.5 Å². The lowest BCUT2D eigenvalue weighted by Gasteiger charge is -2.16. The molecule has 0 radical (unpaired) electrons. The summed E-state index contributed by atoms with van der Waals surface area (Å²) in [5.74, 6) is -0.365. The van der Waals surface area contributed by atoms with Gasteiger partial charge in [0.25, 0.3) is 0 Å². The van der Waals surface area contributed by atoms with Gasteiger partial charge in [0.05, 0.1) is 0 Å². The van der Waals surface area contributed by atoms with Crippen molar-refractivity contribution in [1.29, 1.82) is 0 Å². The smallest absolute Gasteiger partial charge is 0.232 e. The Hall–Kier alpha value is -3.25. The normalized spacial score (nSPS) is 10.6. The molecule has 30 heavy (non-hydrogen) atoms. The second-order valence-corrected chi connectivity index (χ2v) is 7.31. The molecule has 0 saturated heterocycles. The standard InChI is InChI=1S/C24H18BrFN2O2/c25-20-21(26)23(29-15-17-8-3-1-4-9-17)22(19-12-7-13-27-14-19)28-24(20)30-16-18-10-5-2-6-11-18/h1-14H,15-16H2. The molecule has 0 bridgehead atoms. The van der Waals surface area contributed by atoms with Gasteiger partial charge in [0.2, 0.25) is 5.88 Å². The van der Waals surface area contributed by atoms with Gasteiger partial charge in [-0.3, -0.25) is 4.98 Å². The molecule has 4 rings (SSSR count). The van der Waals surface area contributed by atoms with Crippen molar-refractivity contribution < 1.29 is 13.9 Å². The summed E-state index contributed by atoms with van der Waals surface area (Å²) in [7, 11) is 0. The van der Waals surface area contributed by atoms with Crippen LogP contribution in [0.5, 0.6) is 11.6 Å². The van der Waals surface area contributed by atoms with E-state index in [1.165, 1.54) is 0 Å². The second-order valence-electron chi connectivity index (χ2n) is 6.51. The zero-order valence-electron chi connectivity index (χ0n) is 16.0. The van der Waals surface area contributed by atoms with E-state index in [0.29, 0.717) is 11.3 Å². The Morgan fingerprint density at radius 3 is 2.03 bits per heavy atom. The summed E-state index contributed by atoms with van der Waals surface area (Å²) in [6, 6.07) is 22.8. The predicted octanol–water partition coefficient (Wildman–Crippen LogP) is 6.20. The van der Waals surface area contributed by atoms with Gasteiger partial charge < -0.3 is 9.47 Å². The molecule has 150 valence electrons. The van der Waals surface area contributed by atoms with Crippen LogP contribution in [-0.2, 0) is 13.2 Å². The quantitative estimate of drug-likeness (QED) is 0.326. The molecule has 0 fully saturated rings. The number of aromatic nitrogens is 2. The number of hydrogen-bond acceptors (Lipinski definition) is 4. The fourth-order valence-electron chi connectivity index (χ4n) is 2.88. The first-order chi connectivity index (χ1) is 14.7. The summed E-state index contributed by atoms with van der Waals surface area (Å²) in [6.07, 6.45) is 3.27. The SMILES string of the molecule is Fc1c(Br)c(OCc2ccccc2)nc(-c2cccnc2)c1OCc1ccccc1. The van der Waals surface area contributed by atoms with E-state index < -0.39 is 5.82 Å². The second kappa shape index (κ2) is 9.50. The van der Waals surface area contributed by atoms with Gasteiger partial charge in [-0.05, 0) is 39.2 Å². The number of ether oxygens (including phenoxy) is 2. The summed E-state index contributed by atoms with van der Waals surface area (Å²) in [5.41, 5.74) is 2.85. The lowest BCUT2D eigenvalue weighted by Crippen LogP contribution is -2.05. The van der Waals surface area contributed by atoms with Gasteiger partial charge in [0, 0.05) is 18.0 Å². The average Bonchev–Trinajstić information content (AvgIpc) is 2.81. The third kappa shape index (κ3) is 4.66. The highest BCUT2D eigenvalue weighted by atomic mass is 79.9. The van der Waals surface area contributed by atoms with E-state index in [2.05, 4.69) is 25.9 Å². The summed E-state index contributed by atoms with van der Waals surface area (Å²) >= 11 is 3.28. The third-order valence-corrected chi connectivity index (χ3v) is 5.07. The molecule has 0 saturated carbocycles. The molecule has 2 aromatic heterocycles. The number of hydrogen-bond donors (Lipinski definition) is 0. The number of halogens is 2. The summed E-state index contributed by atoms with van der Waals surface area (Å²) in [6.45, 7) is 0.478. The van der Waals surface area contributed by atoms with Crippen molar-refractivity contribution in [3.8, 4) is 22.9 Å². The van der Waals surface area contributed by atoms with E-state index in [0.717, 1.165) is 11.1 Å². The predicted molar refractivity (Wildman–Crippen MR) is 117 cm³/mol. The maximum atomic E-state index is 15.3. The van der Waals surface area contributed by atoms with Gasteiger partial charge in [-0.2, -0.15) is 0 Å². The molecule has 0 aliphatic heterocycles. The Morgan fingerprint density at radius 1 is 0.800 bits per heavy atom. The zero-order chi connectivity index (χ0) is 20.8. The van der Waals surface area contributed by atoms with Gasteiger partial charge in [0.1, 0.15) is 23.4 Å². The van der Waals surface area contributed by atoms with Crippen molar-refractivity contribution in [1.82, 2.24) is 9.97 Å². The summed E-state index contributed by atoms with van der Waals surface area (Å²) in [4.78, 5) is 8.68. The molecule has 6 heteroatoms. The minimum atomic E-state index is -0.567. The van der Waals surface area contributed by atoms with Crippen LogP contribution in [0.15, 0.2) is 89.7 Å². The average molecular weight is 465 g/mol. The lowest BCUT2D eigenvalue weighted by atomic mass is 10.1. The van der Waals surface area contributed by atoms with Gasteiger partial charge >= 0.3 is 0 Å². The third-order valence-electron chi connectivity index (χ3n) is 4.39. The molecule has 0 unspecified atom stereocenters. The van der Waals surface area contributed by atoms with Crippen molar-refractivity contribution in [3.63, 3.8) is 0 Å². The Morgan fingerprint density at radius 2 is 1.43 bits per heavy atom. The highest BCUT2D eigenvalue weighted by Gasteiger charge is 2.22. The highest BCUT2D eigenvalue weighted by molar-refractivity contribution is 9.10. The number of rotatable bonds is 7. The number of pyridine rings is 2. The van der Waals surface area contributed by atoms with Crippen LogP contribution in [0.2, 0.25) is 0 Å². The van der Waals surface area contributed by atoms with Crippen LogP contribution in [0.25, 0.3) is 11.3 Å². The molecular weight excluding hydrogens is 447 g/mol. The Kier molecular flexibility index (Phi) is 6.35. The molecular formula is C24H18BrFN2O2. The highest BCUT2D eigenvalue weighted by Crippen LogP contribution is 2.39. The van der Waals surface area contributed by atoms with Crippen molar-refractivity contribution in [2.24, 2.45) is 0 Å². The molecule has 0 N–H and O–H groups in total. The topological polar surface area (TPSA) is 44.2 Å². The summed E-state index contributed by atoms with van der Waals surface area (Å²) < 4.78 is 27.1. The molecule has 0 atom stereocenters. The first-order valence-electron chi connectivity index (χ1n) is 9.35. The molecule has 2 heterocycles. The fourth-order valence-corrected chi connectivity index (χ4v) is 3.26. The van der Waals surface area contributed by atoms with Crippen LogP contribution in [0.4, 0.5) is 4.39 Å². The largest absolute Gasteiger partial charge is 0.483 e. The van der Waals surface area contributed by atoms with Crippen LogP contribution < -0.4 is 9.47 Å². The van der Waals surface area contributed by atoms with Crippen LogP contribution in [0.3, 0.4) is 0 Å². The van der Waals surface area contributed by atoms with Crippen LogP contribution in [0, 0.1) is 5.82 Å². The van der Waals surface area contributed by atoms with Crippen LogP contribution in [0.1, 0.15) is 11.1 Å². The summed E-state index contributed by atoms with van der Waals surface area (Å²) in [5, 5.41) is 0. The molecule has 2 aromatic carbocycles. The molecule has 4 aromatic rings. The maximum Gasteiger partial charge on any atom is 0.232 e. The molecule has 0 amide bonds. The number of benzene rings is 2. The fraction of sp³-hybridized carbons (Fsp3) is 0.0833. The monoisotopic (exact) mass is 464 g/mol. The van der Waals surface area contributed by atoms with Gasteiger partial charge in [0.15, 0.2) is 11.6 Å². The Balaban J connectivity index is 1.68.